The molecule has 62 valence electrons. The third-order valence-corrected chi connectivity index (χ3v) is 1.49. The minimum atomic E-state index is 0.512. The molecule has 0 aliphatic heterocycles. The lowest BCUT2D eigenvalue weighted by molar-refractivity contribution is 0.720. The lowest BCUT2D eigenvalue weighted by Crippen LogP contribution is -2.22. The third-order valence-electron chi connectivity index (χ3n) is 1.49. The second-order valence-corrected chi connectivity index (χ2v) is 2.20. The van der Waals surface area contributed by atoms with E-state index in [1.165, 1.54) is 4.79 Å². The Balaban J connectivity index is 2.80. The first-order chi connectivity index (χ1) is 5.83. The number of nitrogens with one attached hydrogen (secondary N) is 1. The van der Waals surface area contributed by atoms with Gasteiger partial charge in [-0.15, -0.1) is 9.89 Å². The van der Waals surface area contributed by atoms with Gasteiger partial charge >= 0.3 is 0 Å². The quantitative estimate of drug-likeness (QED) is 0.363. The van der Waals surface area contributed by atoms with Gasteiger partial charge in [0.15, 0.2) is 5.52 Å². The van der Waals surface area contributed by atoms with Crippen molar-refractivity contribution in [1.29, 1.82) is 0 Å². The number of pyridine rings is 1. The molecule has 0 aliphatic carbocycles. The molecule has 2 heterocycles. The topological polar surface area (TPSA) is 108 Å². The molecule has 2 aromatic heterocycles. The van der Waals surface area contributed by atoms with Crippen molar-refractivity contribution in [2.24, 2.45) is 5.84 Å². The highest BCUT2D eigenvalue weighted by molar-refractivity contribution is 5.82. The van der Waals surface area contributed by atoms with Gasteiger partial charge in [0.25, 0.3) is 0 Å². The molecule has 2 aromatic rings. The molecule has 0 amide bonds. The Kier molecular flexibility index (Phi) is 1.31. The molecule has 0 aromatic carbocycles. The summed E-state index contributed by atoms with van der Waals surface area (Å²) in [5.41, 5.74) is 9.48. The Morgan fingerprint density at radius 3 is 3.08 bits per heavy atom. The smallest absolute Gasteiger partial charge is 0.204 e. The van der Waals surface area contributed by atoms with Gasteiger partial charge in [0, 0.05) is 6.20 Å². The molecule has 0 atom stereocenters. The average Bonchev–Trinajstić information content (AvgIpc) is 2.49. The van der Waals surface area contributed by atoms with Crippen molar-refractivity contribution < 1.29 is 0 Å². The van der Waals surface area contributed by atoms with Crippen molar-refractivity contribution in [2.75, 3.05) is 11.3 Å². The monoisotopic (exact) mass is 165 g/mol. The number of hydrogen-bond acceptors (Lipinski definition) is 6. The molecule has 0 spiro atoms. The first kappa shape index (κ1) is 6.80. The molecule has 0 radical (unpaired) electrons. The molecular weight excluding hydrogens is 158 g/mol. The molecule has 5 N–H and O–H groups in total. The Labute approximate surface area is 67.3 Å². The van der Waals surface area contributed by atoms with Crippen LogP contribution in [0, 0.1) is 0 Å². The fourth-order valence-corrected chi connectivity index (χ4v) is 0.934. The van der Waals surface area contributed by atoms with E-state index in [9.17, 15) is 0 Å². The van der Waals surface area contributed by atoms with Crippen LogP contribution < -0.4 is 17.1 Å². The van der Waals surface area contributed by atoms with Crippen LogP contribution in [0.25, 0.3) is 11.2 Å². The number of nitrogens with two attached hydrogens (primary N) is 2. The molecule has 2 rings (SSSR count). The zero-order chi connectivity index (χ0) is 8.55. The zero-order valence-corrected chi connectivity index (χ0v) is 6.10. The summed E-state index contributed by atoms with van der Waals surface area (Å²) in [6.45, 7) is 0. The maximum absolute atomic E-state index is 5.60. The van der Waals surface area contributed by atoms with E-state index < -0.39 is 0 Å². The van der Waals surface area contributed by atoms with E-state index in [1.54, 1.807) is 12.3 Å². The van der Waals surface area contributed by atoms with Crippen LogP contribution in [0.4, 0.5) is 5.69 Å². The summed E-state index contributed by atoms with van der Waals surface area (Å²) in [7, 11) is 0. The lowest BCUT2D eigenvalue weighted by Gasteiger charge is -1.96. The van der Waals surface area contributed by atoms with E-state index in [0.717, 1.165) is 0 Å². The van der Waals surface area contributed by atoms with Gasteiger partial charge in [-0.05, 0) is 11.3 Å². The van der Waals surface area contributed by atoms with E-state index in [-0.39, 0.29) is 0 Å². The summed E-state index contributed by atoms with van der Waals surface area (Å²) in [4.78, 5) is 5.23. The molecular formula is C5H7N7. The second-order valence-electron chi connectivity index (χ2n) is 2.20. The zero-order valence-electron chi connectivity index (χ0n) is 6.10. The minimum absolute atomic E-state index is 0.512. The predicted octanol–water partition coefficient (Wildman–Crippen LogP) is -1.17. The van der Waals surface area contributed by atoms with Crippen LogP contribution in [0.1, 0.15) is 0 Å². The number of rotatable bonds is 1. The summed E-state index contributed by atoms with van der Waals surface area (Å²) >= 11 is 0. The molecule has 0 aliphatic rings. The number of anilines is 1. The second kappa shape index (κ2) is 2.31. The molecule has 7 heteroatoms. The Morgan fingerprint density at radius 2 is 2.33 bits per heavy atom. The van der Waals surface area contributed by atoms with Crippen molar-refractivity contribution >= 4 is 16.9 Å². The van der Waals surface area contributed by atoms with Crippen molar-refractivity contribution in [1.82, 2.24) is 20.1 Å². The van der Waals surface area contributed by atoms with Crippen molar-refractivity contribution in [3.05, 3.63) is 12.3 Å². The molecule has 0 fully saturated rings. The molecule has 0 bridgehead atoms. The molecule has 7 nitrogen and oxygen atoms in total. The number of aromatic nitrogens is 4. The van der Waals surface area contributed by atoms with Gasteiger partial charge in [0.2, 0.25) is 5.65 Å². The van der Waals surface area contributed by atoms with Gasteiger partial charge in [-0.25, -0.2) is 16.4 Å². The Bertz CT molecular complexity index is 405. The summed E-state index contributed by atoms with van der Waals surface area (Å²) in [5, 5.41) is 7.43. The minimum Gasteiger partial charge on any atom is -0.397 e. The van der Waals surface area contributed by atoms with Crippen LogP contribution in [-0.2, 0) is 0 Å². The highest BCUT2D eigenvalue weighted by atomic mass is 15.7. The van der Waals surface area contributed by atoms with E-state index in [2.05, 4.69) is 20.8 Å². The van der Waals surface area contributed by atoms with Crippen LogP contribution in [-0.4, -0.2) is 20.1 Å². The molecule has 0 unspecified atom stereocenters. The number of hydrazine groups is 1. The maximum Gasteiger partial charge on any atom is 0.204 e. The van der Waals surface area contributed by atoms with E-state index in [1.807, 2.05) is 0 Å². The Morgan fingerprint density at radius 1 is 1.50 bits per heavy atom. The van der Waals surface area contributed by atoms with Crippen LogP contribution in [0.5, 0.6) is 0 Å². The van der Waals surface area contributed by atoms with Crippen molar-refractivity contribution in [2.45, 2.75) is 0 Å². The van der Waals surface area contributed by atoms with Crippen LogP contribution in [0.3, 0.4) is 0 Å². The number of nitrogens with zero attached hydrogens (tertiary/aromatic N) is 4. The molecule has 0 saturated heterocycles. The van der Waals surface area contributed by atoms with Crippen molar-refractivity contribution in [3.63, 3.8) is 0 Å². The summed E-state index contributed by atoms with van der Waals surface area (Å²) in [6.07, 6.45) is 1.56. The largest absolute Gasteiger partial charge is 0.397 e. The highest BCUT2D eigenvalue weighted by Gasteiger charge is 2.06. The standard InChI is InChI=1S/C5H7N7/c6-3-1-2-8-5-4(3)9-11-12(5)10-7/h1-2,10H,7H2,(H2,6,8). The van der Waals surface area contributed by atoms with E-state index in [0.29, 0.717) is 16.9 Å². The third kappa shape index (κ3) is 0.768. The summed E-state index contributed by atoms with van der Waals surface area (Å²) < 4.78 is 0. The van der Waals surface area contributed by atoms with Gasteiger partial charge in [-0.1, -0.05) is 0 Å². The lowest BCUT2D eigenvalue weighted by atomic mass is 10.4. The first-order valence-electron chi connectivity index (χ1n) is 3.25. The Hall–Kier alpha value is -1.89. The maximum atomic E-state index is 5.60. The van der Waals surface area contributed by atoms with Crippen LogP contribution in [0.15, 0.2) is 12.3 Å². The van der Waals surface area contributed by atoms with Crippen LogP contribution in [0.2, 0.25) is 0 Å². The summed E-state index contributed by atoms with van der Waals surface area (Å²) in [6, 6.07) is 1.65. The fraction of sp³-hybridized carbons (Fsp3) is 0. The van der Waals surface area contributed by atoms with Gasteiger partial charge in [-0.3, -0.25) is 0 Å². The summed E-state index contributed by atoms with van der Waals surface area (Å²) in [5.74, 6) is 5.14. The van der Waals surface area contributed by atoms with Crippen LogP contribution >= 0.6 is 0 Å². The number of hydrogen-bond donors (Lipinski definition) is 3. The number of nitrogen functional groups attached to an aromatic ring is 2. The van der Waals surface area contributed by atoms with E-state index >= 15 is 0 Å². The van der Waals surface area contributed by atoms with Crippen molar-refractivity contribution in [3.8, 4) is 0 Å². The average molecular weight is 165 g/mol. The van der Waals surface area contributed by atoms with Gasteiger partial charge < -0.3 is 5.73 Å². The highest BCUT2D eigenvalue weighted by Crippen LogP contribution is 2.13. The fourth-order valence-electron chi connectivity index (χ4n) is 0.934. The van der Waals surface area contributed by atoms with Gasteiger partial charge in [0.05, 0.1) is 5.69 Å². The molecule has 12 heavy (non-hydrogen) atoms. The van der Waals surface area contributed by atoms with Gasteiger partial charge in [-0.2, -0.15) is 0 Å². The SMILES string of the molecule is NNn1nnc2c(N)ccnc21. The van der Waals surface area contributed by atoms with Gasteiger partial charge in [0.1, 0.15) is 0 Å². The first-order valence-corrected chi connectivity index (χ1v) is 3.25. The predicted molar refractivity (Wildman–Crippen MR) is 43.3 cm³/mol. The normalized spacial score (nSPS) is 10.4. The van der Waals surface area contributed by atoms with E-state index in [4.69, 9.17) is 11.6 Å². The molecule has 0 saturated carbocycles. The number of fused-ring (bicyclic) bond motifs is 1.